The molecule has 0 aromatic heterocycles. The van der Waals surface area contributed by atoms with E-state index in [-0.39, 0.29) is 5.97 Å². The second-order valence-corrected chi connectivity index (χ2v) is 6.06. The SMILES string of the molecule is COC(=O)[C@]12c3ccccc3[C@@H]3c4ccccc4[C@@H]1[C@@H]32. The van der Waals surface area contributed by atoms with Crippen LogP contribution >= 0.6 is 0 Å². The van der Waals surface area contributed by atoms with Crippen LogP contribution in [0, 0.1) is 5.92 Å². The zero-order chi connectivity index (χ0) is 13.5. The van der Waals surface area contributed by atoms with Gasteiger partial charge in [0.1, 0.15) is 5.41 Å². The lowest BCUT2D eigenvalue weighted by molar-refractivity contribution is -0.144. The van der Waals surface area contributed by atoms with Crippen molar-refractivity contribution in [2.75, 3.05) is 7.11 Å². The molecule has 3 aliphatic rings. The van der Waals surface area contributed by atoms with Crippen molar-refractivity contribution in [3.05, 3.63) is 70.8 Å². The van der Waals surface area contributed by atoms with E-state index in [2.05, 4.69) is 42.5 Å². The maximum atomic E-state index is 12.5. The van der Waals surface area contributed by atoms with Gasteiger partial charge in [0.15, 0.2) is 0 Å². The lowest BCUT2D eigenvalue weighted by Gasteiger charge is -2.15. The predicted molar refractivity (Wildman–Crippen MR) is 74.7 cm³/mol. The van der Waals surface area contributed by atoms with Crippen LogP contribution in [0.4, 0.5) is 0 Å². The number of hydrogen-bond acceptors (Lipinski definition) is 2. The molecule has 2 aromatic rings. The Bertz CT molecular complexity index is 764. The highest BCUT2D eigenvalue weighted by Gasteiger charge is 2.81. The molecule has 0 spiro atoms. The van der Waals surface area contributed by atoms with E-state index in [0.29, 0.717) is 17.8 Å². The highest BCUT2D eigenvalue weighted by atomic mass is 16.5. The summed E-state index contributed by atoms with van der Waals surface area (Å²) in [6.07, 6.45) is 0. The summed E-state index contributed by atoms with van der Waals surface area (Å²) in [5.41, 5.74) is 4.88. The largest absolute Gasteiger partial charge is 0.468 e. The Morgan fingerprint density at radius 2 is 1.65 bits per heavy atom. The number of fused-ring (bicyclic) bond motifs is 7. The van der Waals surface area contributed by atoms with Gasteiger partial charge in [-0.2, -0.15) is 0 Å². The second-order valence-electron chi connectivity index (χ2n) is 6.06. The van der Waals surface area contributed by atoms with Crippen molar-refractivity contribution in [3.8, 4) is 0 Å². The Balaban J connectivity index is 1.84. The molecular formula is C18H14O2. The van der Waals surface area contributed by atoms with Crippen LogP contribution in [-0.2, 0) is 14.9 Å². The third kappa shape index (κ3) is 0.866. The molecule has 3 aliphatic carbocycles. The normalized spacial score (nSPS) is 34.1. The first-order valence-electron chi connectivity index (χ1n) is 7.08. The first-order chi connectivity index (χ1) is 9.81. The quantitative estimate of drug-likeness (QED) is 0.739. The lowest BCUT2D eigenvalue weighted by atomic mass is 9.90. The maximum absolute atomic E-state index is 12.5. The Morgan fingerprint density at radius 3 is 2.40 bits per heavy atom. The van der Waals surface area contributed by atoms with E-state index >= 15 is 0 Å². The molecule has 98 valence electrons. The molecule has 0 N–H and O–H groups in total. The molecule has 2 nitrogen and oxygen atoms in total. The number of carbonyl (C=O) groups is 1. The van der Waals surface area contributed by atoms with Gasteiger partial charge >= 0.3 is 5.97 Å². The molecule has 0 unspecified atom stereocenters. The summed E-state index contributed by atoms with van der Waals surface area (Å²) in [6, 6.07) is 17.0. The molecule has 20 heavy (non-hydrogen) atoms. The van der Waals surface area contributed by atoms with E-state index < -0.39 is 5.41 Å². The van der Waals surface area contributed by atoms with Gasteiger partial charge in [-0.15, -0.1) is 0 Å². The average molecular weight is 262 g/mol. The Kier molecular flexibility index (Phi) is 1.68. The molecule has 1 fully saturated rings. The minimum absolute atomic E-state index is 0.0584. The van der Waals surface area contributed by atoms with Crippen LogP contribution < -0.4 is 0 Å². The number of hydrogen-bond donors (Lipinski definition) is 0. The third-order valence-electron chi connectivity index (χ3n) is 5.56. The maximum Gasteiger partial charge on any atom is 0.317 e. The van der Waals surface area contributed by atoms with E-state index in [1.54, 1.807) is 0 Å². The van der Waals surface area contributed by atoms with E-state index in [1.807, 2.05) is 6.07 Å². The average Bonchev–Trinajstić information content (AvgIpc) is 2.96. The minimum Gasteiger partial charge on any atom is -0.468 e. The summed E-state index contributed by atoms with van der Waals surface area (Å²) in [6.45, 7) is 0. The number of methoxy groups -OCH3 is 1. The fourth-order valence-corrected chi connectivity index (χ4v) is 4.97. The predicted octanol–water partition coefficient (Wildman–Crippen LogP) is 2.97. The molecule has 0 heterocycles. The van der Waals surface area contributed by atoms with Gasteiger partial charge in [0, 0.05) is 11.8 Å². The standard InChI is InChI=1S/C18H14O2/c1-20-17(19)18-13-9-5-4-8-12(13)14-10-6-2-3-7-11(10)15(18)16(14)18/h2-9,14-16H,1H3/t14-,15+,16+,18+/m0/s1. The summed E-state index contributed by atoms with van der Waals surface area (Å²) >= 11 is 0. The molecule has 1 saturated carbocycles. The summed E-state index contributed by atoms with van der Waals surface area (Å²) < 4.78 is 5.16. The van der Waals surface area contributed by atoms with Crippen LogP contribution in [0.25, 0.3) is 0 Å². The van der Waals surface area contributed by atoms with Crippen LogP contribution in [0.1, 0.15) is 34.1 Å². The van der Waals surface area contributed by atoms with Crippen molar-refractivity contribution < 1.29 is 9.53 Å². The Labute approximate surface area is 117 Å². The first-order valence-corrected chi connectivity index (χ1v) is 7.08. The van der Waals surface area contributed by atoms with E-state index in [0.717, 1.165) is 0 Å². The van der Waals surface area contributed by atoms with Gasteiger partial charge in [-0.1, -0.05) is 48.5 Å². The van der Waals surface area contributed by atoms with E-state index in [1.165, 1.54) is 29.4 Å². The number of esters is 1. The van der Waals surface area contributed by atoms with Crippen molar-refractivity contribution >= 4 is 5.97 Å². The van der Waals surface area contributed by atoms with Gasteiger partial charge in [-0.25, -0.2) is 0 Å². The zero-order valence-electron chi connectivity index (χ0n) is 11.2. The van der Waals surface area contributed by atoms with Crippen molar-refractivity contribution in [2.24, 2.45) is 5.92 Å². The molecule has 2 aromatic carbocycles. The van der Waals surface area contributed by atoms with Gasteiger partial charge in [0.25, 0.3) is 0 Å². The molecule has 5 rings (SSSR count). The molecule has 2 heteroatoms. The summed E-state index contributed by atoms with van der Waals surface area (Å²) in [4.78, 5) is 12.5. The molecule has 0 radical (unpaired) electrons. The molecular weight excluding hydrogens is 248 g/mol. The van der Waals surface area contributed by atoms with Gasteiger partial charge in [-0.3, -0.25) is 4.79 Å². The second kappa shape index (κ2) is 3.14. The van der Waals surface area contributed by atoms with E-state index in [4.69, 9.17) is 4.74 Å². The van der Waals surface area contributed by atoms with Crippen LogP contribution in [0.2, 0.25) is 0 Å². The fraction of sp³-hybridized carbons (Fsp3) is 0.278. The van der Waals surface area contributed by atoms with Gasteiger partial charge in [0.2, 0.25) is 0 Å². The molecule has 4 atom stereocenters. The molecule has 0 amide bonds. The monoisotopic (exact) mass is 262 g/mol. The van der Waals surface area contributed by atoms with Gasteiger partial charge in [-0.05, 0) is 28.2 Å². The summed E-state index contributed by atoms with van der Waals surface area (Å²) in [5.74, 6) is 1.03. The van der Waals surface area contributed by atoms with Gasteiger partial charge in [0.05, 0.1) is 7.11 Å². The smallest absolute Gasteiger partial charge is 0.317 e. The number of rotatable bonds is 1. The fourth-order valence-electron chi connectivity index (χ4n) is 4.97. The highest BCUT2D eigenvalue weighted by Crippen LogP contribution is 2.81. The van der Waals surface area contributed by atoms with Crippen molar-refractivity contribution in [3.63, 3.8) is 0 Å². The first kappa shape index (κ1) is 10.7. The van der Waals surface area contributed by atoms with Gasteiger partial charge < -0.3 is 4.74 Å². The van der Waals surface area contributed by atoms with E-state index in [9.17, 15) is 4.79 Å². The highest BCUT2D eigenvalue weighted by molar-refractivity contribution is 5.95. The van der Waals surface area contributed by atoms with Crippen LogP contribution in [0.5, 0.6) is 0 Å². The number of benzene rings is 2. The molecule has 0 bridgehead atoms. The number of carbonyl (C=O) groups excluding carboxylic acids is 1. The van der Waals surface area contributed by atoms with Crippen LogP contribution in [0.15, 0.2) is 48.5 Å². The lowest BCUT2D eigenvalue weighted by Crippen LogP contribution is -2.25. The molecule has 0 aliphatic heterocycles. The van der Waals surface area contributed by atoms with Crippen molar-refractivity contribution in [2.45, 2.75) is 17.3 Å². The summed E-state index contributed by atoms with van der Waals surface area (Å²) in [5, 5.41) is 0. The van der Waals surface area contributed by atoms with Crippen molar-refractivity contribution in [1.29, 1.82) is 0 Å². The Morgan fingerprint density at radius 1 is 1.00 bits per heavy atom. The van der Waals surface area contributed by atoms with Crippen LogP contribution in [-0.4, -0.2) is 13.1 Å². The summed E-state index contributed by atoms with van der Waals surface area (Å²) in [7, 11) is 1.51. The number of ether oxygens (including phenoxy) is 1. The minimum atomic E-state index is -0.398. The zero-order valence-corrected chi connectivity index (χ0v) is 11.2. The Hall–Kier alpha value is -2.09. The van der Waals surface area contributed by atoms with Crippen molar-refractivity contribution in [1.82, 2.24) is 0 Å². The third-order valence-corrected chi connectivity index (χ3v) is 5.56. The topological polar surface area (TPSA) is 26.3 Å². The molecule has 0 saturated heterocycles. The van der Waals surface area contributed by atoms with Crippen LogP contribution in [0.3, 0.4) is 0 Å².